The first-order valence-corrected chi connectivity index (χ1v) is 9.34. The third-order valence-electron chi connectivity index (χ3n) is 3.61. The summed E-state index contributed by atoms with van der Waals surface area (Å²) in [6.07, 6.45) is -2.46. The summed E-state index contributed by atoms with van der Waals surface area (Å²) in [4.78, 5) is 7.71. The Bertz CT molecular complexity index is 1030. The second-order valence-electron chi connectivity index (χ2n) is 5.68. The minimum absolute atomic E-state index is 0.0482. The van der Waals surface area contributed by atoms with E-state index in [1.165, 1.54) is 16.7 Å². The van der Waals surface area contributed by atoms with Crippen molar-refractivity contribution in [1.29, 1.82) is 0 Å². The molecule has 0 spiro atoms. The standard InChI is InChI=1S/C16H14F3N3O2S/c1-25(23,24)10-14-21-12-6-2-3-7-13(12)22(14)9-11-5-4-8-20-15(11)16(17,18)19/h2-8H,9-10H2,1H3. The van der Waals surface area contributed by atoms with Gasteiger partial charge in [-0.05, 0) is 18.2 Å². The molecule has 1 aromatic carbocycles. The Hall–Kier alpha value is -2.42. The number of halogens is 3. The Morgan fingerprint density at radius 2 is 1.84 bits per heavy atom. The lowest BCUT2D eigenvalue weighted by Crippen LogP contribution is -2.16. The monoisotopic (exact) mass is 369 g/mol. The van der Waals surface area contributed by atoms with Crippen molar-refractivity contribution in [2.45, 2.75) is 18.5 Å². The number of aromatic nitrogens is 3. The highest BCUT2D eigenvalue weighted by molar-refractivity contribution is 7.89. The van der Waals surface area contributed by atoms with Crippen LogP contribution in [0, 0.1) is 0 Å². The van der Waals surface area contributed by atoms with E-state index in [0.717, 1.165) is 12.5 Å². The largest absolute Gasteiger partial charge is 0.433 e. The van der Waals surface area contributed by atoms with Crippen molar-refractivity contribution >= 4 is 20.9 Å². The number of hydrogen-bond acceptors (Lipinski definition) is 4. The molecule has 132 valence electrons. The van der Waals surface area contributed by atoms with Crippen LogP contribution in [-0.4, -0.2) is 29.2 Å². The lowest BCUT2D eigenvalue weighted by molar-refractivity contribution is -0.141. The van der Waals surface area contributed by atoms with E-state index in [1.54, 1.807) is 24.3 Å². The molecular formula is C16H14F3N3O2S. The summed E-state index contributed by atoms with van der Waals surface area (Å²) in [7, 11) is -3.40. The third-order valence-corrected chi connectivity index (χ3v) is 4.40. The molecule has 0 unspecified atom stereocenters. The summed E-state index contributed by atoms with van der Waals surface area (Å²) in [5.74, 6) is -0.163. The topological polar surface area (TPSA) is 64.8 Å². The van der Waals surface area contributed by atoms with Crippen LogP contribution in [0.4, 0.5) is 13.2 Å². The average molecular weight is 369 g/mol. The van der Waals surface area contributed by atoms with Gasteiger partial charge < -0.3 is 4.57 Å². The molecule has 0 fully saturated rings. The number of pyridine rings is 1. The Morgan fingerprint density at radius 1 is 1.12 bits per heavy atom. The van der Waals surface area contributed by atoms with Crippen LogP contribution < -0.4 is 0 Å². The minimum atomic E-state index is -4.59. The molecule has 0 aliphatic rings. The highest BCUT2D eigenvalue weighted by atomic mass is 32.2. The van der Waals surface area contributed by atoms with Crippen molar-refractivity contribution in [3.05, 3.63) is 59.7 Å². The van der Waals surface area contributed by atoms with Gasteiger partial charge in [-0.15, -0.1) is 0 Å². The number of alkyl halides is 3. The molecule has 0 bridgehead atoms. The van der Waals surface area contributed by atoms with E-state index in [1.807, 2.05) is 0 Å². The number of sulfone groups is 1. The molecule has 0 N–H and O–H groups in total. The molecule has 3 rings (SSSR count). The highest BCUT2D eigenvalue weighted by Crippen LogP contribution is 2.31. The molecule has 0 saturated heterocycles. The lowest BCUT2D eigenvalue weighted by atomic mass is 10.2. The first-order valence-electron chi connectivity index (χ1n) is 7.28. The number of para-hydroxylation sites is 2. The number of benzene rings is 1. The lowest BCUT2D eigenvalue weighted by Gasteiger charge is -2.14. The summed E-state index contributed by atoms with van der Waals surface area (Å²) in [6, 6.07) is 9.58. The summed E-state index contributed by atoms with van der Waals surface area (Å²) in [5, 5.41) is 0. The van der Waals surface area contributed by atoms with E-state index >= 15 is 0 Å². The average Bonchev–Trinajstić information content (AvgIpc) is 2.82. The molecule has 9 heteroatoms. The van der Waals surface area contributed by atoms with E-state index < -0.39 is 21.7 Å². The molecule has 0 saturated carbocycles. The maximum atomic E-state index is 13.2. The van der Waals surface area contributed by atoms with Crippen molar-refractivity contribution in [3.63, 3.8) is 0 Å². The van der Waals surface area contributed by atoms with E-state index in [2.05, 4.69) is 9.97 Å². The number of rotatable bonds is 4. The predicted octanol–water partition coefficient (Wildman–Crippen LogP) is 3.04. The molecule has 5 nitrogen and oxygen atoms in total. The van der Waals surface area contributed by atoms with E-state index in [-0.39, 0.29) is 23.7 Å². The number of imidazole rings is 1. The predicted molar refractivity (Wildman–Crippen MR) is 86.6 cm³/mol. The van der Waals surface area contributed by atoms with Crippen molar-refractivity contribution in [1.82, 2.24) is 14.5 Å². The first kappa shape index (κ1) is 17.4. The van der Waals surface area contributed by atoms with Crippen LogP contribution >= 0.6 is 0 Å². The second-order valence-corrected chi connectivity index (χ2v) is 7.82. The molecular weight excluding hydrogens is 355 g/mol. The molecule has 2 aromatic heterocycles. The van der Waals surface area contributed by atoms with Crippen LogP contribution in [-0.2, 0) is 28.3 Å². The van der Waals surface area contributed by atoms with Gasteiger partial charge >= 0.3 is 6.18 Å². The molecule has 3 aromatic rings. The summed E-state index contributed by atoms with van der Waals surface area (Å²) < 4.78 is 64.4. The first-order chi connectivity index (χ1) is 11.6. The van der Waals surface area contributed by atoms with Crippen molar-refractivity contribution < 1.29 is 21.6 Å². The number of hydrogen-bond donors (Lipinski definition) is 0. The van der Waals surface area contributed by atoms with Gasteiger partial charge in [-0.25, -0.2) is 13.4 Å². The summed E-state index contributed by atoms with van der Waals surface area (Å²) in [5.41, 5.74) is 0.0581. The zero-order valence-corrected chi connectivity index (χ0v) is 14.0. The number of nitrogens with zero attached hydrogens (tertiary/aromatic N) is 3. The van der Waals surface area contributed by atoms with Gasteiger partial charge in [0.25, 0.3) is 0 Å². The van der Waals surface area contributed by atoms with Gasteiger partial charge in [0, 0.05) is 18.0 Å². The van der Waals surface area contributed by atoms with Crippen LogP contribution in [0.2, 0.25) is 0 Å². The zero-order valence-electron chi connectivity index (χ0n) is 13.2. The maximum Gasteiger partial charge on any atom is 0.433 e. The summed E-state index contributed by atoms with van der Waals surface area (Å²) in [6.45, 7) is -0.173. The van der Waals surface area contributed by atoms with Crippen molar-refractivity contribution in [2.75, 3.05) is 6.26 Å². The van der Waals surface area contributed by atoms with Crippen LogP contribution in [0.25, 0.3) is 11.0 Å². The van der Waals surface area contributed by atoms with Gasteiger partial charge in [-0.2, -0.15) is 13.2 Å². The van der Waals surface area contributed by atoms with Crippen LogP contribution in [0.15, 0.2) is 42.6 Å². The van der Waals surface area contributed by atoms with Gasteiger partial charge in [0.2, 0.25) is 0 Å². The van der Waals surface area contributed by atoms with Gasteiger partial charge in [-0.1, -0.05) is 18.2 Å². The molecule has 0 amide bonds. The molecule has 0 aliphatic heterocycles. The molecule has 2 heterocycles. The fourth-order valence-corrected chi connectivity index (χ4v) is 3.33. The summed E-state index contributed by atoms with van der Waals surface area (Å²) >= 11 is 0. The highest BCUT2D eigenvalue weighted by Gasteiger charge is 2.35. The Labute approximate surface area is 142 Å². The molecule has 0 radical (unpaired) electrons. The fraction of sp³-hybridized carbons (Fsp3) is 0.250. The quantitative estimate of drug-likeness (QED) is 0.709. The Kier molecular flexibility index (Phi) is 4.28. The van der Waals surface area contributed by atoms with E-state index in [0.29, 0.717) is 11.0 Å². The SMILES string of the molecule is CS(=O)(=O)Cc1nc2ccccc2n1Cc1cccnc1C(F)(F)F. The zero-order chi connectivity index (χ0) is 18.2. The molecule has 0 aliphatic carbocycles. The van der Waals surface area contributed by atoms with Crippen LogP contribution in [0.3, 0.4) is 0 Å². The van der Waals surface area contributed by atoms with Gasteiger partial charge in [0.05, 0.1) is 17.6 Å². The van der Waals surface area contributed by atoms with E-state index in [9.17, 15) is 21.6 Å². The molecule has 25 heavy (non-hydrogen) atoms. The van der Waals surface area contributed by atoms with Gasteiger partial charge in [-0.3, -0.25) is 4.98 Å². The van der Waals surface area contributed by atoms with Crippen LogP contribution in [0.1, 0.15) is 17.1 Å². The normalized spacial score (nSPS) is 12.6. The Balaban J connectivity index is 2.15. The third kappa shape index (κ3) is 3.81. The van der Waals surface area contributed by atoms with Crippen molar-refractivity contribution in [2.24, 2.45) is 0 Å². The number of fused-ring (bicyclic) bond motifs is 1. The van der Waals surface area contributed by atoms with Crippen LogP contribution in [0.5, 0.6) is 0 Å². The second kappa shape index (κ2) is 6.14. The van der Waals surface area contributed by atoms with Crippen molar-refractivity contribution in [3.8, 4) is 0 Å². The fourth-order valence-electron chi connectivity index (χ4n) is 2.64. The minimum Gasteiger partial charge on any atom is -0.323 e. The van der Waals surface area contributed by atoms with Gasteiger partial charge in [0.15, 0.2) is 9.84 Å². The van der Waals surface area contributed by atoms with E-state index in [4.69, 9.17) is 0 Å². The van der Waals surface area contributed by atoms with Gasteiger partial charge in [0.1, 0.15) is 17.3 Å². The Morgan fingerprint density at radius 3 is 2.52 bits per heavy atom. The maximum absolute atomic E-state index is 13.2. The smallest absolute Gasteiger partial charge is 0.323 e. The molecule has 0 atom stereocenters.